The highest BCUT2D eigenvalue weighted by Gasteiger charge is 2.54. The number of nitrogens with one attached hydrogen (secondary N) is 1. The summed E-state index contributed by atoms with van der Waals surface area (Å²) in [5.74, 6) is -1.30. The molecule has 5 aromatic rings. The Kier molecular flexibility index (Phi) is 9.81. The Hall–Kier alpha value is -6.11. The van der Waals surface area contributed by atoms with Gasteiger partial charge < -0.3 is 45.3 Å². The number of carboxylic acid groups (broad SMARTS) is 1. The maximum absolute atomic E-state index is 12.8. The smallest absolute Gasteiger partial charge is 0.341 e. The van der Waals surface area contributed by atoms with Crippen molar-refractivity contribution < 1.29 is 48.7 Å². The van der Waals surface area contributed by atoms with Crippen LogP contribution in [0.15, 0.2) is 97.1 Å². The molecule has 6 N–H and O–H groups in total. The average Bonchev–Trinajstić information content (AvgIpc) is 3.41. The quantitative estimate of drug-likeness (QED) is 0.123. The van der Waals surface area contributed by atoms with Crippen LogP contribution in [-0.4, -0.2) is 65.1 Å². The molecular formula is C39H36N2O10. The lowest BCUT2D eigenvalue weighted by Gasteiger charge is -2.36. The highest BCUT2D eigenvalue weighted by atomic mass is 16.6. The molecule has 0 amide bonds. The number of aromatic hydroxyl groups is 2. The van der Waals surface area contributed by atoms with Gasteiger partial charge in [0.15, 0.2) is 5.60 Å². The fourth-order valence-corrected chi connectivity index (χ4v) is 6.17. The van der Waals surface area contributed by atoms with E-state index in [0.29, 0.717) is 29.3 Å². The number of carbonyl (C=O) groups excluding carboxylic acids is 2. The predicted molar refractivity (Wildman–Crippen MR) is 187 cm³/mol. The lowest BCUT2D eigenvalue weighted by molar-refractivity contribution is -0.148. The zero-order valence-corrected chi connectivity index (χ0v) is 27.8. The van der Waals surface area contributed by atoms with E-state index in [-0.39, 0.29) is 53.4 Å². The highest BCUT2D eigenvalue weighted by Crippen LogP contribution is 2.57. The summed E-state index contributed by atoms with van der Waals surface area (Å²) in [7, 11) is 0. The molecule has 2 heterocycles. The van der Waals surface area contributed by atoms with E-state index in [0.717, 1.165) is 16.5 Å². The van der Waals surface area contributed by atoms with Gasteiger partial charge in [-0.1, -0.05) is 62.4 Å². The largest absolute Gasteiger partial charge is 0.508 e. The van der Waals surface area contributed by atoms with Crippen LogP contribution in [0.2, 0.25) is 0 Å². The van der Waals surface area contributed by atoms with E-state index >= 15 is 0 Å². The van der Waals surface area contributed by atoms with Crippen molar-refractivity contribution in [1.82, 2.24) is 5.32 Å². The highest BCUT2D eigenvalue weighted by molar-refractivity contribution is 6.06. The number of carboxylic acids is 1. The Bertz CT molecular complexity index is 2070. The van der Waals surface area contributed by atoms with E-state index in [1.807, 2.05) is 56.3 Å². The zero-order chi connectivity index (χ0) is 36.3. The first kappa shape index (κ1) is 34.7. The van der Waals surface area contributed by atoms with E-state index in [1.54, 1.807) is 24.3 Å². The van der Waals surface area contributed by atoms with Gasteiger partial charge in [0, 0.05) is 46.8 Å². The number of rotatable bonds is 9. The Balaban J connectivity index is 0.000000180. The molecule has 0 aromatic heterocycles. The zero-order valence-electron chi connectivity index (χ0n) is 27.8. The number of benzene rings is 5. The van der Waals surface area contributed by atoms with Gasteiger partial charge in [-0.3, -0.25) is 4.79 Å². The summed E-state index contributed by atoms with van der Waals surface area (Å²) in [6.07, 6.45) is -0.382. The summed E-state index contributed by atoms with van der Waals surface area (Å²) in [6.45, 7) is 4.74. The summed E-state index contributed by atoms with van der Waals surface area (Å²) in [6, 6.07) is 27.5. The van der Waals surface area contributed by atoms with Crippen molar-refractivity contribution in [2.24, 2.45) is 5.73 Å². The van der Waals surface area contributed by atoms with Gasteiger partial charge >= 0.3 is 17.9 Å². The number of phenolic OH excluding ortho intramolecular Hbond substituents is 2. The van der Waals surface area contributed by atoms with Gasteiger partial charge in [0.25, 0.3) is 0 Å². The third-order valence-electron chi connectivity index (χ3n) is 8.43. The molecule has 12 nitrogen and oxygen atoms in total. The van der Waals surface area contributed by atoms with E-state index < -0.39 is 23.5 Å². The first-order chi connectivity index (χ1) is 24.5. The van der Waals surface area contributed by atoms with Crippen LogP contribution in [0.1, 0.15) is 51.3 Å². The van der Waals surface area contributed by atoms with Crippen LogP contribution >= 0.6 is 0 Å². The molecule has 0 saturated carbocycles. The van der Waals surface area contributed by atoms with Crippen molar-refractivity contribution in [2.75, 3.05) is 19.7 Å². The van der Waals surface area contributed by atoms with Crippen molar-refractivity contribution in [1.29, 1.82) is 0 Å². The molecule has 0 bridgehead atoms. The molecule has 0 fully saturated rings. The van der Waals surface area contributed by atoms with Gasteiger partial charge in [-0.15, -0.1) is 0 Å². The molecule has 262 valence electrons. The first-order valence-electron chi connectivity index (χ1n) is 16.2. The molecule has 2 aliphatic rings. The molecule has 1 spiro atoms. The lowest BCUT2D eigenvalue weighted by atomic mass is 9.77. The second kappa shape index (κ2) is 14.4. The normalized spacial score (nSPS) is 13.9. The van der Waals surface area contributed by atoms with Gasteiger partial charge in [0.1, 0.15) is 41.5 Å². The van der Waals surface area contributed by atoms with Gasteiger partial charge in [-0.05, 0) is 41.8 Å². The fraction of sp³-hybridized carbons (Fsp3) is 0.205. The fourth-order valence-electron chi connectivity index (χ4n) is 6.17. The SMILES string of the molecule is CC(C)NCC(COc1cccc2ccccc12)OC(=O)CN.O=C(O)c1cccc2c1C(=O)OC21c2ccc(O)cc2Oc2cc(O)ccc21. The molecule has 5 aromatic carbocycles. The number of hydrogen-bond acceptors (Lipinski definition) is 11. The summed E-state index contributed by atoms with van der Waals surface area (Å²) in [5, 5.41) is 34.7. The molecular weight excluding hydrogens is 656 g/mol. The maximum atomic E-state index is 12.8. The van der Waals surface area contributed by atoms with Crippen molar-refractivity contribution in [3.8, 4) is 28.7 Å². The van der Waals surface area contributed by atoms with Crippen LogP contribution < -0.4 is 20.5 Å². The number of phenols is 2. The Morgan fingerprint density at radius 1 is 0.863 bits per heavy atom. The first-order valence-corrected chi connectivity index (χ1v) is 16.2. The van der Waals surface area contributed by atoms with Crippen molar-refractivity contribution in [3.63, 3.8) is 0 Å². The van der Waals surface area contributed by atoms with Crippen molar-refractivity contribution in [3.05, 3.63) is 125 Å². The number of aromatic carboxylic acids is 1. The van der Waals surface area contributed by atoms with Crippen molar-refractivity contribution >= 4 is 28.7 Å². The molecule has 0 radical (unpaired) electrons. The minimum atomic E-state index is -1.46. The second-order valence-corrected chi connectivity index (χ2v) is 12.2. The molecule has 7 rings (SSSR count). The standard InChI is InChI=1S/C21H12O7.C18H24N2O3/c22-10-4-6-13-16(8-10)27-17-9-11(23)5-7-14(17)21(13)15-3-1-2-12(19(24)25)18(15)20(26)28-21;1-13(2)20-11-15(23-18(21)10-19)12-22-17-9-5-7-14-6-3-4-8-16(14)17/h1-9,22-23H,(H,24,25);3-9,13,15,20H,10-12,19H2,1-2H3. The third kappa shape index (κ3) is 6.87. The number of carbonyl (C=O) groups is 3. The van der Waals surface area contributed by atoms with Crippen LogP contribution in [0.3, 0.4) is 0 Å². The van der Waals surface area contributed by atoms with E-state index in [2.05, 4.69) is 5.32 Å². The molecule has 2 aliphatic heterocycles. The van der Waals surface area contributed by atoms with Gasteiger partial charge in [-0.25, -0.2) is 9.59 Å². The van der Waals surface area contributed by atoms with Gasteiger partial charge in [0.05, 0.1) is 17.7 Å². The second-order valence-electron chi connectivity index (χ2n) is 12.2. The summed E-state index contributed by atoms with van der Waals surface area (Å²) >= 11 is 0. The molecule has 0 saturated heterocycles. The Morgan fingerprint density at radius 2 is 1.51 bits per heavy atom. The maximum Gasteiger partial charge on any atom is 0.341 e. The van der Waals surface area contributed by atoms with Crippen LogP contribution in [0.4, 0.5) is 0 Å². The predicted octanol–water partition coefficient (Wildman–Crippen LogP) is 5.45. The van der Waals surface area contributed by atoms with E-state index in [4.69, 9.17) is 24.7 Å². The summed E-state index contributed by atoms with van der Waals surface area (Å²) in [5.41, 5.74) is 4.92. The van der Waals surface area contributed by atoms with Crippen LogP contribution in [0, 0.1) is 0 Å². The van der Waals surface area contributed by atoms with E-state index in [9.17, 15) is 29.7 Å². The average molecular weight is 693 g/mol. The van der Waals surface area contributed by atoms with Crippen LogP contribution in [0.25, 0.3) is 10.8 Å². The number of ether oxygens (including phenoxy) is 4. The minimum absolute atomic E-state index is 0.0325. The summed E-state index contributed by atoms with van der Waals surface area (Å²) in [4.78, 5) is 35.9. The van der Waals surface area contributed by atoms with E-state index in [1.165, 1.54) is 30.3 Å². The molecule has 1 atom stereocenters. The number of hydrogen-bond donors (Lipinski definition) is 5. The third-order valence-corrected chi connectivity index (χ3v) is 8.43. The molecule has 0 aliphatic carbocycles. The van der Waals surface area contributed by atoms with Crippen LogP contribution in [0.5, 0.6) is 28.7 Å². The number of nitrogens with two attached hydrogens (primary N) is 1. The van der Waals surface area contributed by atoms with Gasteiger partial charge in [0.2, 0.25) is 0 Å². The Morgan fingerprint density at radius 3 is 2.16 bits per heavy atom. The lowest BCUT2D eigenvalue weighted by Crippen LogP contribution is -2.39. The number of esters is 2. The topological polar surface area (TPSA) is 187 Å². The van der Waals surface area contributed by atoms with Gasteiger partial charge in [-0.2, -0.15) is 0 Å². The van der Waals surface area contributed by atoms with Crippen LogP contribution in [-0.2, 0) is 19.9 Å². The molecule has 12 heteroatoms. The molecule has 1 unspecified atom stereocenters. The molecule has 51 heavy (non-hydrogen) atoms. The monoisotopic (exact) mass is 692 g/mol. The summed E-state index contributed by atoms with van der Waals surface area (Å²) < 4.78 is 22.9. The minimum Gasteiger partial charge on any atom is -0.508 e. The number of fused-ring (bicyclic) bond motifs is 7. The Labute approximate surface area is 293 Å². The van der Waals surface area contributed by atoms with Crippen molar-refractivity contribution in [2.45, 2.75) is 31.6 Å².